The number of hydrogen-bond donors (Lipinski definition) is 5. The minimum atomic E-state index is -1.35. The second-order valence-electron chi connectivity index (χ2n) is 5.68. The summed E-state index contributed by atoms with van der Waals surface area (Å²) in [6.45, 7) is 0.401. The predicted octanol–water partition coefficient (Wildman–Crippen LogP) is -3.44. The summed E-state index contributed by atoms with van der Waals surface area (Å²) in [6.07, 6.45) is 6.57. The van der Waals surface area contributed by atoms with E-state index in [0.717, 1.165) is 4.90 Å². The molecule has 0 saturated heterocycles. The lowest BCUT2D eigenvalue weighted by atomic mass is 10.00. The van der Waals surface area contributed by atoms with Gasteiger partial charge in [-0.25, -0.2) is 14.6 Å². The summed E-state index contributed by atoms with van der Waals surface area (Å²) in [5, 5.41) is 31.2. The number of allylic oxidation sites excluding steroid dienone is 1. The van der Waals surface area contributed by atoms with Gasteiger partial charge in [-0.15, -0.1) is 0 Å². The second-order valence-corrected chi connectivity index (χ2v) is 5.68. The van der Waals surface area contributed by atoms with E-state index in [1.165, 1.54) is 6.08 Å². The van der Waals surface area contributed by atoms with Gasteiger partial charge in [0.05, 0.1) is 12.0 Å². The van der Waals surface area contributed by atoms with E-state index in [1.54, 1.807) is 18.6 Å². The Balaban J connectivity index is 2.03. The summed E-state index contributed by atoms with van der Waals surface area (Å²) < 4.78 is 0. The van der Waals surface area contributed by atoms with Gasteiger partial charge < -0.3 is 31.2 Å². The third-order valence-electron chi connectivity index (χ3n) is 3.71. The zero-order chi connectivity index (χ0) is 18.6. The summed E-state index contributed by atoms with van der Waals surface area (Å²) in [4.78, 5) is 37.7. The van der Waals surface area contributed by atoms with Crippen molar-refractivity contribution in [2.45, 2.75) is 24.9 Å². The van der Waals surface area contributed by atoms with Crippen molar-refractivity contribution in [2.24, 2.45) is 10.7 Å². The zero-order valence-corrected chi connectivity index (χ0v) is 13.1. The molecule has 0 bridgehead atoms. The molecular weight excluding hydrogens is 332 g/mol. The Kier molecular flexibility index (Phi) is 5.67. The molecular formula is C15H18N4O6. The van der Waals surface area contributed by atoms with E-state index in [0.29, 0.717) is 17.8 Å². The molecule has 10 heteroatoms. The van der Waals surface area contributed by atoms with E-state index >= 15 is 0 Å². The molecule has 0 spiro atoms. The number of carboxylic acids is 3. The van der Waals surface area contributed by atoms with E-state index in [-0.39, 0.29) is 18.5 Å². The fraction of sp³-hybridized carbons (Fsp3) is 0.333. The molecule has 6 N–H and O–H groups in total. The molecule has 0 aromatic heterocycles. The molecule has 134 valence electrons. The van der Waals surface area contributed by atoms with Crippen molar-refractivity contribution in [3.8, 4) is 0 Å². The highest BCUT2D eigenvalue weighted by atomic mass is 16.4. The number of quaternary nitrogens is 1. The van der Waals surface area contributed by atoms with Crippen LogP contribution in [0, 0.1) is 0 Å². The van der Waals surface area contributed by atoms with Crippen LogP contribution in [-0.4, -0.2) is 53.1 Å². The number of nitrogens with two attached hydrogens (primary N) is 1. The largest absolute Gasteiger partial charge is 0.548 e. The lowest BCUT2D eigenvalue weighted by molar-refractivity contribution is -0.728. The van der Waals surface area contributed by atoms with Crippen LogP contribution in [0.25, 0.3) is 0 Å². The lowest BCUT2D eigenvalue weighted by Crippen LogP contribution is -3.05. The zero-order valence-electron chi connectivity index (χ0n) is 13.1. The molecule has 2 aliphatic heterocycles. The Morgan fingerprint density at radius 1 is 1.48 bits per heavy atom. The van der Waals surface area contributed by atoms with Gasteiger partial charge in [0.25, 0.3) is 0 Å². The van der Waals surface area contributed by atoms with Crippen molar-refractivity contribution in [3.05, 3.63) is 35.3 Å². The smallest absolute Gasteiger partial charge is 0.351 e. The number of carbonyl (C=O) groups excluding carboxylic acids is 1. The molecule has 25 heavy (non-hydrogen) atoms. The first-order chi connectivity index (χ1) is 11.8. The van der Waals surface area contributed by atoms with Crippen molar-refractivity contribution in [1.82, 2.24) is 5.32 Å². The van der Waals surface area contributed by atoms with Crippen LogP contribution in [0.4, 0.5) is 0 Å². The molecule has 0 saturated carbocycles. The van der Waals surface area contributed by atoms with Crippen LogP contribution >= 0.6 is 0 Å². The van der Waals surface area contributed by atoms with Gasteiger partial charge in [0.2, 0.25) is 0 Å². The molecule has 0 amide bonds. The number of nitrogens with zero attached hydrogens (tertiary/aromatic N) is 1. The molecule has 2 rings (SSSR count). The Morgan fingerprint density at radius 2 is 2.20 bits per heavy atom. The second kappa shape index (κ2) is 7.73. The van der Waals surface area contributed by atoms with Crippen LogP contribution in [0.3, 0.4) is 0 Å². The molecule has 3 unspecified atom stereocenters. The standard InChI is InChI=1S/C15H18N4O6/c16-10(13(20)21)5-9-6-19(7-17-9)2-1-8-3-11(14(22)23)18-12(4-8)15(24)25/h1,3,6-7,10,12,18H,2,4-5,16H2,(H,20,21)(H,22,23)(H,24,25). The Hall–Kier alpha value is -2.98. The Bertz CT molecular complexity index is 709. The average Bonchev–Trinajstić information content (AvgIpc) is 2.99. The molecule has 0 fully saturated rings. The quantitative estimate of drug-likeness (QED) is 0.316. The topological polar surface area (TPSA) is 170 Å². The number of hydrogen-bond acceptors (Lipinski definition) is 7. The SMILES string of the molecule is NC(CC1=C[NH+](CC=C2C=C(C(=O)O)NC(C(=O)O)C2)C=N1)C(=O)[O-]. The van der Waals surface area contributed by atoms with Crippen molar-refractivity contribution in [2.75, 3.05) is 6.54 Å². The number of nitrogens with one attached hydrogen (secondary N) is 2. The molecule has 0 aromatic carbocycles. The lowest BCUT2D eigenvalue weighted by Gasteiger charge is -2.22. The highest BCUT2D eigenvalue weighted by Gasteiger charge is 2.26. The first kappa shape index (κ1) is 18.4. The maximum absolute atomic E-state index is 11.1. The van der Waals surface area contributed by atoms with E-state index in [2.05, 4.69) is 10.3 Å². The first-order valence-electron chi connectivity index (χ1n) is 7.46. The molecule has 2 heterocycles. The Morgan fingerprint density at radius 3 is 2.80 bits per heavy atom. The number of carbonyl (C=O) groups is 3. The van der Waals surface area contributed by atoms with Crippen molar-refractivity contribution in [3.63, 3.8) is 0 Å². The van der Waals surface area contributed by atoms with Gasteiger partial charge in [0.1, 0.15) is 30.2 Å². The number of aliphatic imine (C=N–C) groups is 1. The number of aliphatic carboxylic acids is 3. The minimum absolute atomic E-state index is 0.0486. The normalized spacial score (nSPS) is 25.1. The molecule has 3 atom stereocenters. The summed E-state index contributed by atoms with van der Waals surface area (Å²) in [7, 11) is 0. The predicted molar refractivity (Wildman–Crippen MR) is 83.0 cm³/mol. The fourth-order valence-corrected chi connectivity index (χ4v) is 2.41. The van der Waals surface area contributed by atoms with Crippen LogP contribution < -0.4 is 21.1 Å². The minimum Gasteiger partial charge on any atom is -0.548 e. The molecule has 0 aromatic rings. The van der Waals surface area contributed by atoms with Gasteiger partial charge in [0, 0.05) is 12.8 Å². The molecule has 10 nitrogen and oxygen atoms in total. The van der Waals surface area contributed by atoms with E-state index in [4.69, 9.17) is 15.9 Å². The highest BCUT2D eigenvalue weighted by Crippen LogP contribution is 2.16. The van der Waals surface area contributed by atoms with Gasteiger partial charge in [-0.3, -0.25) is 4.90 Å². The molecule has 0 aliphatic carbocycles. The van der Waals surface area contributed by atoms with E-state index in [1.807, 2.05) is 0 Å². The van der Waals surface area contributed by atoms with Gasteiger partial charge in [-0.05, 0) is 17.7 Å². The maximum atomic E-state index is 11.1. The molecule has 0 radical (unpaired) electrons. The van der Waals surface area contributed by atoms with Gasteiger partial charge >= 0.3 is 11.9 Å². The number of carboxylic acid groups (broad SMARTS) is 3. The van der Waals surface area contributed by atoms with Gasteiger partial charge in [-0.2, -0.15) is 0 Å². The number of rotatable bonds is 7. The summed E-state index contributed by atoms with van der Waals surface area (Å²) >= 11 is 0. The van der Waals surface area contributed by atoms with Crippen molar-refractivity contribution >= 4 is 24.2 Å². The van der Waals surface area contributed by atoms with Gasteiger partial charge in [-0.1, -0.05) is 0 Å². The van der Waals surface area contributed by atoms with Crippen molar-refractivity contribution < 1.29 is 34.6 Å². The van der Waals surface area contributed by atoms with E-state index in [9.17, 15) is 19.5 Å². The molecule has 2 aliphatic rings. The summed E-state index contributed by atoms with van der Waals surface area (Å²) in [6, 6.07) is -2.14. The van der Waals surface area contributed by atoms with Crippen LogP contribution in [0.1, 0.15) is 12.8 Å². The van der Waals surface area contributed by atoms with Crippen LogP contribution in [0.5, 0.6) is 0 Å². The van der Waals surface area contributed by atoms with Crippen molar-refractivity contribution in [1.29, 1.82) is 0 Å². The van der Waals surface area contributed by atoms with Gasteiger partial charge in [0.15, 0.2) is 6.34 Å². The first-order valence-corrected chi connectivity index (χ1v) is 7.46. The summed E-state index contributed by atoms with van der Waals surface area (Å²) in [5.41, 5.74) is 6.32. The monoisotopic (exact) mass is 350 g/mol. The van der Waals surface area contributed by atoms with Crippen LogP contribution in [-0.2, 0) is 14.4 Å². The van der Waals surface area contributed by atoms with Crippen LogP contribution in [0.15, 0.2) is 40.3 Å². The van der Waals surface area contributed by atoms with Crippen LogP contribution in [0.2, 0.25) is 0 Å². The Labute approximate surface area is 142 Å². The third kappa shape index (κ3) is 4.99. The summed E-state index contributed by atoms with van der Waals surface area (Å²) in [5.74, 6) is -3.72. The maximum Gasteiger partial charge on any atom is 0.351 e. The highest BCUT2D eigenvalue weighted by molar-refractivity contribution is 5.89. The fourth-order valence-electron chi connectivity index (χ4n) is 2.41. The van der Waals surface area contributed by atoms with E-state index < -0.39 is 30.0 Å². The average molecular weight is 350 g/mol. The third-order valence-corrected chi connectivity index (χ3v) is 3.71.